The van der Waals surface area contributed by atoms with Crippen molar-refractivity contribution in [3.63, 3.8) is 0 Å². The Labute approximate surface area is 122 Å². The van der Waals surface area contributed by atoms with Gasteiger partial charge in [-0.05, 0) is 6.42 Å². The molecule has 0 aliphatic carbocycles. The van der Waals surface area contributed by atoms with Gasteiger partial charge in [0.1, 0.15) is 0 Å². The normalized spacial score (nSPS) is 13.9. The molecule has 0 radical (unpaired) electrons. The fourth-order valence-electron chi connectivity index (χ4n) is 2.98. The summed E-state index contributed by atoms with van der Waals surface area (Å²) in [6.07, 6.45) is 2.01. The lowest BCUT2D eigenvalue weighted by Crippen LogP contribution is -2.48. The smallest absolute Gasteiger partial charge is 0.0661 e. The largest absolute Gasteiger partial charge is 0.127 e. The van der Waals surface area contributed by atoms with Crippen LogP contribution in [0.25, 0.3) is 0 Å². The van der Waals surface area contributed by atoms with Crippen LogP contribution < -0.4 is 0 Å². The molecule has 18 heavy (non-hydrogen) atoms. The van der Waals surface area contributed by atoms with Crippen LogP contribution in [0.3, 0.4) is 0 Å². The zero-order chi connectivity index (χ0) is 14.2. The first-order valence-electron chi connectivity index (χ1n) is 7.42. The molecule has 1 atom stereocenters. The van der Waals surface area contributed by atoms with E-state index in [9.17, 15) is 0 Å². The molecule has 0 aromatic heterocycles. The average molecular weight is 303 g/mol. The van der Waals surface area contributed by atoms with Crippen molar-refractivity contribution in [3.8, 4) is 11.8 Å². The van der Waals surface area contributed by atoms with E-state index in [-0.39, 0.29) is 0 Å². The van der Waals surface area contributed by atoms with E-state index in [2.05, 4.69) is 52.3 Å². The molecule has 0 heterocycles. The molecule has 0 bridgehead atoms. The molecule has 0 spiro atoms. The fraction of sp³-hybridized carbons (Fsp3) is 0.867. The summed E-state index contributed by atoms with van der Waals surface area (Å²) in [6, 6.07) is 4.16. The third kappa shape index (κ3) is 5.11. The molecule has 0 fully saturated rings. The summed E-state index contributed by atoms with van der Waals surface area (Å²) in [5.41, 5.74) is 0. The molecule has 0 saturated heterocycles. The number of rotatable bonds is 7. The Hall–Kier alpha value is 0.284. The Kier molecular flexibility index (Phi) is 8.59. The number of hydrogen-bond donors (Lipinski definition) is 0. The Morgan fingerprint density at radius 1 is 1.00 bits per heavy atom. The quantitative estimate of drug-likeness (QED) is 0.242. The van der Waals surface area contributed by atoms with Crippen molar-refractivity contribution >= 4 is 27.7 Å². The Morgan fingerprint density at radius 2 is 1.50 bits per heavy atom. The summed E-state index contributed by atoms with van der Waals surface area (Å²) in [4.78, 5) is 0. The van der Waals surface area contributed by atoms with Crippen LogP contribution >= 0.6 is 11.6 Å². The SMILES string of the molecule is CC[Si](CC)(CC)C(C#CCCCCl)[Si](C)(C)C. The predicted molar refractivity (Wildman–Crippen MR) is 92.0 cm³/mol. The number of hydrogen-bond acceptors (Lipinski definition) is 0. The van der Waals surface area contributed by atoms with E-state index < -0.39 is 16.1 Å². The standard InChI is InChI=1S/C15H31ClSi2/c1-7-18(8-2,9-3)15(17(4,5)6)13-11-10-12-14-16/h15H,7-10,12,14H2,1-6H3. The molecule has 0 aromatic rings. The van der Waals surface area contributed by atoms with Crippen LogP contribution in [0, 0.1) is 11.8 Å². The average Bonchev–Trinajstić information content (AvgIpc) is 2.33. The molecular weight excluding hydrogens is 272 g/mol. The molecule has 1 unspecified atom stereocenters. The topological polar surface area (TPSA) is 0 Å². The van der Waals surface area contributed by atoms with Crippen molar-refractivity contribution in [1.29, 1.82) is 0 Å². The van der Waals surface area contributed by atoms with Gasteiger partial charge in [0.05, 0.1) is 16.1 Å². The zero-order valence-electron chi connectivity index (χ0n) is 13.2. The lowest BCUT2D eigenvalue weighted by atomic mass is 10.3. The van der Waals surface area contributed by atoms with Crippen molar-refractivity contribution in [3.05, 3.63) is 0 Å². The third-order valence-corrected chi connectivity index (χ3v) is 16.4. The Bertz CT molecular complexity index is 271. The van der Waals surface area contributed by atoms with Crippen LogP contribution in [0.5, 0.6) is 0 Å². The summed E-state index contributed by atoms with van der Waals surface area (Å²) in [5.74, 6) is 7.88. The number of alkyl halides is 1. The molecular formula is C15H31ClSi2. The molecule has 0 aliphatic rings. The van der Waals surface area contributed by atoms with Crippen molar-refractivity contribution in [2.45, 2.75) is 76.6 Å². The fourth-order valence-corrected chi connectivity index (χ4v) is 16.0. The van der Waals surface area contributed by atoms with Gasteiger partial charge in [-0.1, -0.05) is 58.5 Å². The van der Waals surface area contributed by atoms with Gasteiger partial charge in [0.15, 0.2) is 0 Å². The summed E-state index contributed by atoms with van der Waals surface area (Å²) < 4.78 is 0. The van der Waals surface area contributed by atoms with Crippen LogP contribution in [0.2, 0.25) is 42.9 Å². The van der Waals surface area contributed by atoms with E-state index in [0.717, 1.165) is 23.9 Å². The van der Waals surface area contributed by atoms with Gasteiger partial charge in [0, 0.05) is 17.5 Å². The Balaban J connectivity index is 5.14. The first kappa shape index (κ1) is 18.3. The van der Waals surface area contributed by atoms with Gasteiger partial charge in [-0.3, -0.25) is 0 Å². The second kappa shape index (κ2) is 8.45. The summed E-state index contributed by atoms with van der Waals surface area (Å²) in [6.45, 7) is 14.7. The first-order chi connectivity index (χ1) is 8.37. The maximum absolute atomic E-state index is 5.73. The lowest BCUT2D eigenvalue weighted by Gasteiger charge is -2.41. The van der Waals surface area contributed by atoms with Crippen LogP contribution in [-0.2, 0) is 0 Å². The molecule has 3 heteroatoms. The molecule has 0 saturated carbocycles. The van der Waals surface area contributed by atoms with Crippen LogP contribution in [0.1, 0.15) is 33.6 Å². The van der Waals surface area contributed by atoms with Gasteiger partial charge in [-0.25, -0.2) is 0 Å². The number of halogens is 1. The van der Waals surface area contributed by atoms with E-state index in [1.807, 2.05) is 0 Å². The highest BCUT2D eigenvalue weighted by Crippen LogP contribution is 2.39. The minimum atomic E-state index is -1.19. The van der Waals surface area contributed by atoms with Gasteiger partial charge < -0.3 is 0 Å². The second-order valence-corrected chi connectivity index (χ2v) is 18.0. The molecule has 0 N–H and O–H groups in total. The van der Waals surface area contributed by atoms with Gasteiger partial charge in [-0.2, -0.15) is 0 Å². The van der Waals surface area contributed by atoms with E-state index in [4.69, 9.17) is 11.6 Å². The number of unbranched alkanes of at least 4 members (excludes halogenated alkanes) is 1. The van der Waals surface area contributed by atoms with Crippen molar-refractivity contribution in [1.82, 2.24) is 0 Å². The molecule has 0 amide bonds. The second-order valence-electron chi connectivity index (χ2n) is 6.34. The molecule has 0 aromatic carbocycles. The maximum Gasteiger partial charge on any atom is 0.0661 e. The van der Waals surface area contributed by atoms with Gasteiger partial charge in [0.2, 0.25) is 0 Å². The van der Waals surface area contributed by atoms with Gasteiger partial charge in [-0.15, -0.1) is 23.4 Å². The zero-order valence-corrected chi connectivity index (χ0v) is 16.0. The summed E-state index contributed by atoms with van der Waals surface area (Å²) >= 11 is 5.73. The van der Waals surface area contributed by atoms with E-state index >= 15 is 0 Å². The highest BCUT2D eigenvalue weighted by atomic mass is 35.5. The van der Waals surface area contributed by atoms with Crippen molar-refractivity contribution < 1.29 is 0 Å². The van der Waals surface area contributed by atoms with Crippen LogP contribution in [0.4, 0.5) is 0 Å². The summed E-state index contributed by atoms with van der Waals surface area (Å²) in [7, 11) is -2.38. The molecule has 0 rings (SSSR count). The predicted octanol–water partition coefficient (Wildman–Crippen LogP) is 5.76. The van der Waals surface area contributed by atoms with E-state index in [1.54, 1.807) is 0 Å². The van der Waals surface area contributed by atoms with Gasteiger partial charge in [0.25, 0.3) is 0 Å². The van der Waals surface area contributed by atoms with Gasteiger partial charge >= 0.3 is 0 Å². The van der Waals surface area contributed by atoms with Crippen LogP contribution in [-0.4, -0.2) is 22.0 Å². The lowest BCUT2D eigenvalue weighted by molar-refractivity contribution is 0.989. The Morgan fingerprint density at radius 3 is 1.83 bits per heavy atom. The minimum absolute atomic E-state index is 0.740. The minimum Gasteiger partial charge on any atom is -0.127 e. The summed E-state index contributed by atoms with van der Waals surface area (Å²) in [5, 5.41) is 0.750. The van der Waals surface area contributed by atoms with Crippen molar-refractivity contribution in [2.24, 2.45) is 0 Å². The highest BCUT2D eigenvalue weighted by molar-refractivity contribution is 6.98. The monoisotopic (exact) mass is 302 g/mol. The van der Waals surface area contributed by atoms with Crippen molar-refractivity contribution in [2.75, 3.05) is 5.88 Å². The van der Waals surface area contributed by atoms with E-state index in [0.29, 0.717) is 0 Å². The molecule has 0 aliphatic heterocycles. The molecule has 0 nitrogen and oxygen atoms in total. The third-order valence-electron chi connectivity index (χ3n) is 4.27. The first-order valence-corrected chi connectivity index (χ1v) is 14.2. The van der Waals surface area contributed by atoms with Crippen LogP contribution in [0.15, 0.2) is 0 Å². The highest BCUT2D eigenvalue weighted by Gasteiger charge is 2.42. The molecule has 106 valence electrons. The van der Waals surface area contributed by atoms with E-state index in [1.165, 1.54) is 18.1 Å². The maximum atomic E-state index is 5.73.